The summed E-state index contributed by atoms with van der Waals surface area (Å²) in [7, 11) is 2.14. The van der Waals surface area contributed by atoms with Gasteiger partial charge in [0.2, 0.25) is 0 Å². The molecular formula is C15H26N2. The molecule has 0 spiro atoms. The van der Waals surface area contributed by atoms with Crippen LogP contribution in [0.1, 0.15) is 31.9 Å². The first-order valence-corrected chi connectivity index (χ1v) is 6.29. The van der Waals surface area contributed by atoms with E-state index in [1.165, 1.54) is 11.1 Å². The summed E-state index contributed by atoms with van der Waals surface area (Å²) >= 11 is 0. The van der Waals surface area contributed by atoms with Crippen LogP contribution < -0.4 is 5.73 Å². The number of nitrogens with zero attached hydrogens (tertiary/aromatic N) is 1. The third-order valence-corrected chi connectivity index (χ3v) is 3.32. The van der Waals surface area contributed by atoms with E-state index in [1.54, 1.807) is 0 Å². The smallest absolute Gasteiger partial charge is 0.0233 e. The molecule has 0 amide bonds. The van der Waals surface area contributed by atoms with Gasteiger partial charge in [-0.1, -0.05) is 45.0 Å². The fourth-order valence-corrected chi connectivity index (χ4v) is 1.75. The second-order valence-electron chi connectivity index (χ2n) is 6.10. The molecule has 0 saturated heterocycles. The lowest BCUT2D eigenvalue weighted by atomic mass is 9.87. The summed E-state index contributed by atoms with van der Waals surface area (Å²) in [6.07, 6.45) is 0. The molecule has 0 radical (unpaired) electrons. The molecule has 0 saturated carbocycles. The van der Waals surface area contributed by atoms with Crippen molar-refractivity contribution in [2.24, 2.45) is 11.1 Å². The Balaban J connectivity index is 2.56. The third kappa shape index (κ3) is 4.49. The molecule has 0 fully saturated rings. The van der Waals surface area contributed by atoms with Crippen LogP contribution in [-0.4, -0.2) is 24.5 Å². The van der Waals surface area contributed by atoms with Crippen molar-refractivity contribution in [3.63, 3.8) is 0 Å². The van der Waals surface area contributed by atoms with E-state index in [0.717, 1.165) is 13.1 Å². The maximum absolute atomic E-state index is 6.20. The summed E-state index contributed by atoms with van der Waals surface area (Å²) in [4.78, 5) is 2.30. The zero-order valence-electron chi connectivity index (χ0n) is 11.8. The zero-order valence-corrected chi connectivity index (χ0v) is 11.8. The second kappa shape index (κ2) is 5.65. The average molecular weight is 234 g/mol. The van der Waals surface area contributed by atoms with Crippen LogP contribution in [0.4, 0.5) is 0 Å². The van der Waals surface area contributed by atoms with Gasteiger partial charge in [-0.2, -0.15) is 0 Å². The quantitative estimate of drug-likeness (QED) is 0.868. The van der Waals surface area contributed by atoms with Gasteiger partial charge in [0.1, 0.15) is 0 Å². The molecular weight excluding hydrogens is 208 g/mol. The Morgan fingerprint density at radius 2 is 1.82 bits per heavy atom. The minimum Gasteiger partial charge on any atom is -0.326 e. The molecule has 2 nitrogen and oxygen atoms in total. The largest absolute Gasteiger partial charge is 0.326 e. The first-order chi connectivity index (χ1) is 7.80. The Hall–Kier alpha value is -0.860. The Labute approximate surface area is 106 Å². The van der Waals surface area contributed by atoms with Crippen molar-refractivity contribution in [1.29, 1.82) is 0 Å². The predicted molar refractivity (Wildman–Crippen MR) is 74.9 cm³/mol. The molecule has 1 atom stereocenters. The van der Waals surface area contributed by atoms with Crippen LogP contribution in [0.5, 0.6) is 0 Å². The molecule has 2 heteroatoms. The Bertz CT molecular complexity index is 352. The lowest BCUT2D eigenvalue weighted by Gasteiger charge is -2.31. The van der Waals surface area contributed by atoms with Gasteiger partial charge in [-0.25, -0.2) is 0 Å². The Morgan fingerprint density at radius 1 is 1.24 bits per heavy atom. The molecule has 0 heterocycles. The number of aryl methyl sites for hydroxylation is 1. The molecule has 17 heavy (non-hydrogen) atoms. The van der Waals surface area contributed by atoms with E-state index in [2.05, 4.69) is 63.9 Å². The first kappa shape index (κ1) is 14.2. The molecule has 0 aliphatic rings. The maximum atomic E-state index is 6.20. The summed E-state index contributed by atoms with van der Waals surface area (Å²) in [6.45, 7) is 10.6. The number of hydrogen-bond acceptors (Lipinski definition) is 2. The van der Waals surface area contributed by atoms with Crippen molar-refractivity contribution < 1.29 is 0 Å². The van der Waals surface area contributed by atoms with Gasteiger partial charge in [0.05, 0.1) is 0 Å². The summed E-state index contributed by atoms with van der Waals surface area (Å²) in [6, 6.07) is 8.73. The topological polar surface area (TPSA) is 29.3 Å². The molecule has 0 aliphatic heterocycles. The highest BCUT2D eigenvalue weighted by molar-refractivity contribution is 5.25. The van der Waals surface area contributed by atoms with Crippen molar-refractivity contribution >= 4 is 0 Å². The van der Waals surface area contributed by atoms with E-state index in [9.17, 15) is 0 Å². The van der Waals surface area contributed by atoms with Crippen LogP contribution in [0.2, 0.25) is 0 Å². The van der Waals surface area contributed by atoms with Gasteiger partial charge >= 0.3 is 0 Å². The Morgan fingerprint density at radius 3 is 2.35 bits per heavy atom. The van der Waals surface area contributed by atoms with Gasteiger partial charge in [-0.15, -0.1) is 0 Å². The lowest BCUT2D eigenvalue weighted by molar-refractivity contribution is 0.222. The van der Waals surface area contributed by atoms with Crippen LogP contribution in [-0.2, 0) is 6.54 Å². The Kier molecular flexibility index (Phi) is 4.72. The van der Waals surface area contributed by atoms with Crippen molar-refractivity contribution in [2.75, 3.05) is 13.6 Å². The van der Waals surface area contributed by atoms with E-state index in [4.69, 9.17) is 5.73 Å². The fourth-order valence-electron chi connectivity index (χ4n) is 1.75. The SMILES string of the molecule is Cc1ccccc1CN(C)C[C@@H](N)C(C)(C)C. The van der Waals surface area contributed by atoms with Gasteiger partial charge in [-0.3, -0.25) is 0 Å². The highest BCUT2D eigenvalue weighted by Crippen LogP contribution is 2.18. The predicted octanol–water partition coefficient (Wildman–Crippen LogP) is 2.80. The van der Waals surface area contributed by atoms with Crippen molar-refractivity contribution in [3.05, 3.63) is 35.4 Å². The molecule has 0 unspecified atom stereocenters. The molecule has 0 aromatic heterocycles. The second-order valence-corrected chi connectivity index (χ2v) is 6.10. The van der Waals surface area contributed by atoms with Crippen LogP contribution >= 0.6 is 0 Å². The normalized spacial score (nSPS) is 14.1. The number of likely N-dealkylation sites (N-methyl/N-ethyl adjacent to an activating group) is 1. The molecule has 0 bridgehead atoms. The van der Waals surface area contributed by atoms with Gasteiger partial charge in [0.15, 0.2) is 0 Å². The van der Waals surface area contributed by atoms with E-state index in [-0.39, 0.29) is 11.5 Å². The molecule has 1 rings (SSSR count). The summed E-state index contributed by atoms with van der Waals surface area (Å²) < 4.78 is 0. The van der Waals surface area contributed by atoms with E-state index in [1.807, 2.05) is 0 Å². The van der Waals surface area contributed by atoms with Crippen molar-refractivity contribution in [2.45, 2.75) is 40.3 Å². The zero-order chi connectivity index (χ0) is 13.1. The van der Waals surface area contributed by atoms with Gasteiger partial charge in [-0.05, 0) is 30.5 Å². The van der Waals surface area contributed by atoms with E-state index >= 15 is 0 Å². The maximum Gasteiger partial charge on any atom is 0.0233 e. The highest BCUT2D eigenvalue weighted by atomic mass is 15.1. The van der Waals surface area contributed by atoms with Crippen LogP contribution in [0.15, 0.2) is 24.3 Å². The fraction of sp³-hybridized carbons (Fsp3) is 0.600. The first-order valence-electron chi connectivity index (χ1n) is 6.29. The van der Waals surface area contributed by atoms with Crippen molar-refractivity contribution in [3.8, 4) is 0 Å². The number of hydrogen-bond donors (Lipinski definition) is 1. The minimum atomic E-state index is 0.167. The average Bonchev–Trinajstić information content (AvgIpc) is 2.20. The number of nitrogens with two attached hydrogens (primary N) is 1. The lowest BCUT2D eigenvalue weighted by Crippen LogP contribution is -2.44. The summed E-state index contributed by atoms with van der Waals surface area (Å²) in [5.41, 5.74) is 9.10. The number of rotatable bonds is 4. The monoisotopic (exact) mass is 234 g/mol. The highest BCUT2D eigenvalue weighted by Gasteiger charge is 2.21. The van der Waals surface area contributed by atoms with Crippen LogP contribution in [0.3, 0.4) is 0 Å². The molecule has 96 valence electrons. The molecule has 0 aliphatic carbocycles. The van der Waals surface area contributed by atoms with Gasteiger partial charge < -0.3 is 10.6 Å². The van der Waals surface area contributed by atoms with E-state index < -0.39 is 0 Å². The standard InChI is InChI=1S/C15H26N2/c1-12-8-6-7-9-13(12)10-17(5)11-14(16)15(2,3)4/h6-9,14H,10-11,16H2,1-5H3/t14-/m1/s1. The molecule has 1 aromatic carbocycles. The van der Waals surface area contributed by atoms with Gasteiger partial charge in [0.25, 0.3) is 0 Å². The van der Waals surface area contributed by atoms with Crippen LogP contribution in [0.25, 0.3) is 0 Å². The van der Waals surface area contributed by atoms with E-state index in [0.29, 0.717) is 0 Å². The summed E-state index contributed by atoms with van der Waals surface area (Å²) in [5.74, 6) is 0. The third-order valence-electron chi connectivity index (χ3n) is 3.32. The summed E-state index contributed by atoms with van der Waals surface area (Å²) in [5, 5.41) is 0. The van der Waals surface area contributed by atoms with Crippen molar-refractivity contribution in [1.82, 2.24) is 4.90 Å². The molecule has 1 aromatic rings. The number of benzene rings is 1. The molecule has 2 N–H and O–H groups in total. The van der Waals surface area contributed by atoms with Gasteiger partial charge in [0, 0.05) is 19.1 Å². The van der Waals surface area contributed by atoms with Crippen LogP contribution in [0, 0.1) is 12.3 Å². The minimum absolute atomic E-state index is 0.167.